The fourth-order valence-corrected chi connectivity index (χ4v) is 2.56. The molecule has 0 aliphatic heterocycles. The summed E-state index contributed by atoms with van der Waals surface area (Å²) in [6, 6.07) is 12.8. The molecule has 0 spiro atoms. The molecular weight excluding hydrogens is 380 g/mol. The second-order valence-electron chi connectivity index (χ2n) is 6.38. The molecule has 1 atom stereocenters. The number of hydrogen-bond donors (Lipinski definition) is 2. The first kappa shape index (κ1) is 21.6. The number of rotatable bonds is 8. The number of halogens is 1. The van der Waals surface area contributed by atoms with Crippen LogP contribution in [0.15, 0.2) is 42.5 Å². The minimum atomic E-state index is -0.746. The molecule has 6 nitrogen and oxygen atoms in total. The maximum Gasteiger partial charge on any atom is 0.279 e. The largest absolute Gasteiger partial charge is 0.492 e. The fraction of sp³-hybridized carbons (Fsp3) is 0.333. The van der Waals surface area contributed by atoms with Gasteiger partial charge in [0, 0.05) is 6.42 Å². The average Bonchev–Trinajstić information content (AvgIpc) is 2.68. The van der Waals surface area contributed by atoms with Gasteiger partial charge in [-0.05, 0) is 56.5 Å². The standard InChI is InChI=1S/C21H25ClN2O4/c1-14-8-6-11-18(15(14)2)28-16(3)21(26)24-23-20(25)12-7-13-27-19-10-5-4-9-17(19)22/h4-6,8-11,16H,7,12-13H2,1-3H3,(H,23,25)(H,24,26). The van der Waals surface area contributed by atoms with Crippen LogP contribution < -0.4 is 20.3 Å². The topological polar surface area (TPSA) is 76.7 Å². The molecule has 0 heterocycles. The fourth-order valence-electron chi connectivity index (χ4n) is 2.37. The van der Waals surface area contributed by atoms with Crippen molar-refractivity contribution < 1.29 is 19.1 Å². The van der Waals surface area contributed by atoms with Crippen molar-refractivity contribution in [1.29, 1.82) is 0 Å². The number of benzene rings is 2. The van der Waals surface area contributed by atoms with Crippen molar-refractivity contribution in [3.8, 4) is 11.5 Å². The summed E-state index contributed by atoms with van der Waals surface area (Å²) in [5.74, 6) is 0.484. The summed E-state index contributed by atoms with van der Waals surface area (Å²) in [4.78, 5) is 24.0. The zero-order chi connectivity index (χ0) is 20.5. The van der Waals surface area contributed by atoms with Gasteiger partial charge in [-0.1, -0.05) is 35.9 Å². The van der Waals surface area contributed by atoms with Gasteiger partial charge in [-0.3, -0.25) is 20.4 Å². The Balaban J connectivity index is 1.68. The van der Waals surface area contributed by atoms with Crippen LogP contribution in [0.25, 0.3) is 0 Å². The lowest BCUT2D eigenvalue weighted by Crippen LogP contribution is -2.47. The Hall–Kier alpha value is -2.73. The molecule has 7 heteroatoms. The predicted molar refractivity (Wildman–Crippen MR) is 108 cm³/mol. The molecule has 2 amide bonds. The van der Waals surface area contributed by atoms with Gasteiger partial charge in [-0.25, -0.2) is 0 Å². The van der Waals surface area contributed by atoms with Gasteiger partial charge in [0.05, 0.1) is 11.6 Å². The highest BCUT2D eigenvalue weighted by Gasteiger charge is 2.16. The average molecular weight is 405 g/mol. The zero-order valence-electron chi connectivity index (χ0n) is 16.3. The van der Waals surface area contributed by atoms with E-state index < -0.39 is 12.0 Å². The van der Waals surface area contributed by atoms with Crippen LogP contribution in [0, 0.1) is 13.8 Å². The summed E-state index contributed by atoms with van der Waals surface area (Å²) >= 11 is 5.99. The Labute approximate surface area is 170 Å². The second kappa shape index (κ2) is 10.6. The number of hydrogen-bond acceptors (Lipinski definition) is 4. The number of amides is 2. The van der Waals surface area contributed by atoms with E-state index in [9.17, 15) is 9.59 Å². The van der Waals surface area contributed by atoms with E-state index in [0.717, 1.165) is 11.1 Å². The lowest BCUT2D eigenvalue weighted by atomic mass is 10.1. The van der Waals surface area contributed by atoms with E-state index in [-0.39, 0.29) is 12.3 Å². The van der Waals surface area contributed by atoms with Gasteiger partial charge in [0.15, 0.2) is 6.10 Å². The minimum Gasteiger partial charge on any atom is -0.492 e. The third-order valence-corrected chi connectivity index (χ3v) is 4.51. The summed E-state index contributed by atoms with van der Waals surface area (Å²) in [7, 11) is 0. The highest BCUT2D eigenvalue weighted by atomic mass is 35.5. The van der Waals surface area contributed by atoms with Crippen LogP contribution in [0.3, 0.4) is 0 Å². The number of carbonyl (C=O) groups is 2. The number of para-hydroxylation sites is 1. The van der Waals surface area contributed by atoms with Crippen molar-refractivity contribution in [3.05, 3.63) is 58.6 Å². The van der Waals surface area contributed by atoms with Crippen molar-refractivity contribution in [2.45, 2.75) is 39.7 Å². The molecule has 150 valence electrons. The number of nitrogens with one attached hydrogen (secondary N) is 2. The molecule has 2 N–H and O–H groups in total. The first-order valence-electron chi connectivity index (χ1n) is 9.07. The van der Waals surface area contributed by atoms with E-state index in [1.807, 2.05) is 44.2 Å². The number of carbonyl (C=O) groups excluding carboxylic acids is 2. The molecule has 2 rings (SSSR count). The maximum absolute atomic E-state index is 12.1. The second-order valence-corrected chi connectivity index (χ2v) is 6.79. The normalized spacial score (nSPS) is 11.4. The van der Waals surface area contributed by atoms with E-state index in [4.69, 9.17) is 21.1 Å². The lowest BCUT2D eigenvalue weighted by Gasteiger charge is -2.17. The van der Waals surface area contributed by atoms with Crippen LogP contribution >= 0.6 is 11.6 Å². The van der Waals surface area contributed by atoms with Gasteiger partial charge < -0.3 is 9.47 Å². The van der Waals surface area contributed by atoms with Crippen LogP contribution in [0.4, 0.5) is 0 Å². The Morgan fingerprint density at radius 1 is 1.04 bits per heavy atom. The third-order valence-electron chi connectivity index (χ3n) is 4.20. The first-order valence-corrected chi connectivity index (χ1v) is 9.45. The monoisotopic (exact) mass is 404 g/mol. The Morgan fingerprint density at radius 2 is 1.75 bits per heavy atom. The van der Waals surface area contributed by atoms with Crippen molar-refractivity contribution in [3.63, 3.8) is 0 Å². The summed E-state index contributed by atoms with van der Waals surface area (Å²) in [5.41, 5.74) is 6.82. The molecular formula is C21H25ClN2O4. The van der Waals surface area contributed by atoms with Gasteiger partial charge in [0.1, 0.15) is 11.5 Å². The van der Waals surface area contributed by atoms with Crippen LogP contribution in [-0.2, 0) is 9.59 Å². The number of ether oxygens (including phenoxy) is 2. The van der Waals surface area contributed by atoms with Crippen molar-refractivity contribution in [1.82, 2.24) is 10.9 Å². The third kappa shape index (κ3) is 6.46. The summed E-state index contributed by atoms with van der Waals surface area (Å²) in [5, 5.41) is 0.525. The molecule has 0 saturated heterocycles. The molecule has 2 aromatic carbocycles. The van der Waals surface area contributed by atoms with Gasteiger partial charge in [-0.2, -0.15) is 0 Å². The molecule has 0 aliphatic rings. The van der Waals surface area contributed by atoms with Crippen molar-refractivity contribution in [2.24, 2.45) is 0 Å². The SMILES string of the molecule is Cc1cccc(OC(C)C(=O)NNC(=O)CCCOc2ccccc2Cl)c1C. The van der Waals surface area contributed by atoms with E-state index in [2.05, 4.69) is 10.9 Å². The highest BCUT2D eigenvalue weighted by molar-refractivity contribution is 6.32. The maximum atomic E-state index is 12.1. The lowest BCUT2D eigenvalue weighted by molar-refractivity contribution is -0.132. The molecule has 0 bridgehead atoms. The number of hydrazine groups is 1. The molecule has 0 aromatic heterocycles. The van der Waals surface area contributed by atoms with E-state index in [1.165, 1.54) is 0 Å². The predicted octanol–water partition coefficient (Wildman–Crippen LogP) is 3.73. The Kier molecular flexibility index (Phi) is 8.14. The van der Waals surface area contributed by atoms with Crippen molar-refractivity contribution >= 4 is 23.4 Å². The Bertz CT molecular complexity index is 826. The smallest absolute Gasteiger partial charge is 0.279 e. The first-order chi connectivity index (χ1) is 13.4. The van der Waals surface area contributed by atoms with Crippen LogP contribution in [-0.4, -0.2) is 24.5 Å². The van der Waals surface area contributed by atoms with Crippen LogP contribution in [0.2, 0.25) is 5.02 Å². The van der Waals surface area contributed by atoms with Gasteiger partial charge in [0.25, 0.3) is 5.91 Å². The Morgan fingerprint density at radius 3 is 2.50 bits per heavy atom. The molecule has 0 aliphatic carbocycles. The minimum absolute atomic E-state index is 0.205. The van der Waals surface area contributed by atoms with E-state index in [1.54, 1.807) is 19.1 Å². The van der Waals surface area contributed by atoms with E-state index in [0.29, 0.717) is 29.5 Å². The highest BCUT2D eigenvalue weighted by Crippen LogP contribution is 2.23. The van der Waals surface area contributed by atoms with Gasteiger partial charge >= 0.3 is 0 Å². The molecule has 0 fully saturated rings. The molecule has 0 radical (unpaired) electrons. The van der Waals surface area contributed by atoms with Crippen molar-refractivity contribution in [2.75, 3.05) is 6.61 Å². The van der Waals surface area contributed by atoms with E-state index >= 15 is 0 Å². The van der Waals surface area contributed by atoms with Gasteiger partial charge in [-0.15, -0.1) is 0 Å². The van der Waals surface area contributed by atoms with Crippen LogP contribution in [0.1, 0.15) is 30.9 Å². The molecule has 28 heavy (non-hydrogen) atoms. The molecule has 2 aromatic rings. The molecule has 0 saturated carbocycles. The zero-order valence-corrected chi connectivity index (χ0v) is 17.0. The molecule has 1 unspecified atom stereocenters. The summed E-state index contributed by atoms with van der Waals surface area (Å²) in [6.07, 6.45) is -0.0531. The number of aryl methyl sites for hydroxylation is 1. The summed E-state index contributed by atoms with van der Waals surface area (Å²) < 4.78 is 11.2. The van der Waals surface area contributed by atoms with Crippen LogP contribution in [0.5, 0.6) is 11.5 Å². The summed E-state index contributed by atoms with van der Waals surface area (Å²) in [6.45, 7) is 5.88. The van der Waals surface area contributed by atoms with Gasteiger partial charge in [0.2, 0.25) is 5.91 Å². The quantitative estimate of drug-likeness (QED) is 0.519.